The SMILES string of the molecule is CCCCCCCC/C=C\CCCCCCCCCCCC(=O)OC(COC(=O)CCCCCCCCCCCCCCCCCCCCC)COC(OCC[N+](C)(C)C)C(=O)O. The van der Waals surface area contributed by atoms with E-state index in [1.807, 2.05) is 21.1 Å². The molecular weight excluding hydrogens is 791 g/mol. The molecule has 0 aliphatic heterocycles. The predicted octanol–water partition coefficient (Wildman–Crippen LogP) is 15.0. The molecule has 0 saturated heterocycles. The fourth-order valence-corrected chi connectivity index (χ4v) is 7.83. The van der Waals surface area contributed by atoms with Gasteiger partial charge in [0.25, 0.3) is 6.29 Å². The van der Waals surface area contributed by atoms with Gasteiger partial charge in [-0.3, -0.25) is 9.59 Å². The fourth-order valence-electron chi connectivity index (χ4n) is 7.83. The van der Waals surface area contributed by atoms with Gasteiger partial charge in [-0.1, -0.05) is 219 Å². The fraction of sp³-hybridized carbons (Fsp3) is 0.907. The van der Waals surface area contributed by atoms with E-state index in [2.05, 4.69) is 26.0 Å². The quantitative estimate of drug-likeness (QED) is 0.0211. The molecule has 0 aromatic carbocycles. The molecule has 372 valence electrons. The van der Waals surface area contributed by atoms with Crippen LogP contribution in [0.4, 0.5) is 0 Å². The van der Waals surface area contributed by atoms with Crippen molar-refractivity contribution in [3.63, 3.8) is 0 Å². The van der Waals surface area contributed by atoms with Gasteiger partial charge < -0.3 is 28.5 Å². The Labute approximate surface area is 389 Å². The van der Waals surface area contributed by atoms with Crippen LogP contribution in [0.25, 0.3) is 0 Å². The lowest BCUT2D eigenvalue weighted by Gasteiger charge is -2.25. The summed E-state index contributed by atoms with van der Waals surface area (Å²) in [4.78, 5) is 37.3. The number of nitrogens with zero attached hydrogens (tertiary/aromatic N) is 1. The van der Waals surface area contributed by atoms with Crippen LogP contribution in [0.2, 0.25) is 0 Å². The minimum Gasteiger partial charge on any atom is -0.477 e. The van der Waals surface area contributed by atoms with Crippen LogP contribution in [-0.2, 0) is 33.3 Å². The minimum absolute atomic E-state index is 0.176. The highest BCUT2D eigenvalue weighted by Gasteiger charge is 2.25. The zero-order valence-corrected chi connectivity index (χ0v) is 42.3. The Hall–Kier alpha value is -1.97. The van der Waals surface area contributed by atoms with Crippen LogP contribution in [0.1, 0.15) is 258 Å². The highest BCUT2D eigenvalue weighted by molar-refractivity contribution is 5.71. The van der Waals surface area contributed by atoms with E-state index in [1.165, 1.54) is 193 Å². The second kappa shape index (κ2) is 46.6. The van der Waals surface area contributed by atoms with Crippen LogP contribution in [0.5, 0.6) is 0 Å². The number of carbonyl (C=O) groups is 3. The standard InChI is InChI=1S/C54H103NO8/c1-6-8-10-12-14-16-18-20-22-24-26-28-30-32-34-36-38-40-42-44-51(56)61-48-50(49-62-54(53(58)59)60-47-46-55(3,4)5)63-52(57)45-43-41-39-37-35-33-31-29-27-25-23-21-19-17-15-13-11-9-7-2/h21,23,50,54H,6-20,22,24-49H2,1-5H3/p+1/b23-21-. The van der Waals surface area contributed by atoms with Crippen molar-refractivity contribution in [3.05, 3.63) is 12.2 Å². The first-order chi connectivity index (χ1) is 30.6. The molecule has 0 heterocycles. The Bertz CT molecular complexity index is 1040. The number of rotatable bonds is 50. The van der Waals surface area contributed by atoms with Crippen LogP contribution >= 0.6 is 0 Å². The van der Waals surface area contributed by atoms with Crippen LogP contribution in [0, 0.1) is 0 Å². The zero-order valence-electron chi connectivity index (χ0n) is 42.3. The molecule has 0 fully saturated rings. The van der Waals surface area contributed by atoms with Crippen molar-refractivity contribution in [1.29, 1.82) is 0 Å². The monoisotopic (exact) mass is 895 g/mol. The van der Waals surface area contributed by atoms with Crippen LogP contribution in [0.15, 0.2) is 12.2 Å². The Morgan fingerprint density at radius 2 is 0.810 bits per heavy atom. The maximum Gasteiger partial charge on any atom is 0.361 e. The third-order valence-corrected chi connectivity index (χ3v) is 12.0. The number of allylic oxidation sites excluding steroid dienone is 2. The van der Waals surface area contributed by atoms with Crippen LogP contribution < -0.4 is 0 Å². The van der Waals surface area contributed by atoms with Gasteiger partial charge in [-0.25, -0.2) is 4.79 Å². The summed E-state index contributed by atoms with van der Waals surface area (Å²) < 4.78 is 22.9. The van der Waals surface area contributed by atoms with E-state index in [4.69, 9.17) is 18.9 Å². The van der Waals surface area contributed by atoms with E-state index in [9.17, 15) is 19.5 Å². The molecule has 2 unspecified atom stereocenters. The van der Waals surface area contributed by atoms with Crippen molar-refractivity contribution in [2.75, 3.05) is 47.5 Å². The first-order valence-corrected chi connectivity index (χ1v) is 26.9. The average molecular weight is 895 g/mol. The van der Waals surface area contributed by atoms with Gasteiger partial charge in [-0.05, 0) is 38.5 Å². The number of carbonyl (C=O) groups excluding carboxylic acids is 2. The number of carboxylic acid groups (broad SMARTS) is 1. The summed E-state index contributed by atoms with van der Waals surface area (Å²) in [6.45, 7) is 4.92. The summed E-state index contributed by atoms with van der Waals surface area (Å²) in [5.74, 6) is -1.99. The molecule has 0 aromatic rings. The highest BCUT2D eigenvalue weighted by Crippen LogP contribution is 2.17. The summed E-state index contributed by atoms with van der Waals surface area (Å²) in [7, 11) is 5.97. The lowest BCUT2D eigenvalue weighted by molar-refractivity contribution is -0.870. The molecule has 0 aliphatic carbocycles. The molecule has 0 radical (unpaired) electrons. The van der Waals surface area contributed by atoms with Gasteiger partial charge in [0.05, 0.1) is 34.4 Å². The maximum atomic E-state index is 12.8. The van der Waals surface area contributed by atoms with Gasteiger partial charge >= 0.3 is 17.9 Å². The van der Waals surface area contributed by atoms with Gasteiger partial charge in [0.15, 0.2) is 6.10 Å². The summed E-state index contributed by atoms with van der Waals surface area (Å²) in [6.07, 6.45) is 48.4. The van der Waals surface area contributed by atoms with Crippen molar-refractivity contribution in [2.45, 2.75) is 270 Å². The average Bonchev–Trinajstić information content (AvgIpc) is 3.24. The lowest BCUT2D eigenvalue weighted by Crippen LogP contribution is -2.40. The number of likely N-dealkylation sites (N-methyl/N-ethyl adjacent to an activating group) is 1. The number of unbranched alkanes of at least 4 members (excludes halogenated alkanes) is 33. The molecule has 2 atom stereocenters. The van der Waals surface area contributed by atoms with Crippen molar-refractivity contribution in [1.82, 2.24) is 0 Å². The molecule has 1 N–H and O–H groups in total. The highest BCUT2D eigenvalue weighted by atomic mass is 16.7. The van der Waals surface area contributed by atoms with Gasteiger partial charge in [0.2, 0.25) is 0 Å². The first-order valence-electron chi connectivity index (χ1n) is 26.9. The van der Waals surface area contributed by atoms with Gasteiger partial charge in [0, 0.05) is 12.8 Å². The summed E-state index contributed by atoms with van der Waals surface area (Å²) in [6, 6.07) is 0. The largest absolute Gasteiger partial charge is 0.477 e. The molecule has 0 aromatic heterocycles. The molecular formula is C54H104NO8+. The second-order valence-corrected chi connectivity index (χ2v) is 19.5. The second-order valence-electron chi connectivity index (χ2n) is 19.5. The van der Waals surface area contributed by atoms with Crippen LogP contribution in [-0.4, -0.2) is 87.4 Å². The van der Waals surface area contributed by atoms with E-state index in [-0.39, 0.29) is 32.2 Å². The van der Waals surface area contributed by atoms with E-state index >= 15 is 0 Å². The Morgan fingerprint density at radius 3 is 1.17 bits per heavy atom. The van der Waals surface area contributed by atoms with Gasteiger partial charge in [-0.15, -0.1) is 0 Å². The number of ether oxygens (including phenoxy) is 4. The smallest absolute Gasteiger partial charge is 0.361 e. The van der Waals surface area contributed by atoms with Crippen LogP contribution in [0.3, 0.4) is 0 Å². The van der Waals surface area contributed by atoms with Crippen molar-refractivity contribution < 1.29 is 42.9 Å². The Balaban J connectivity index is 4.28. The van der Waals surface area contributed by atoms with Crippen molar-refractivity contribution in [3.8, 4) is 0 Å². The predicted molar refractivity (Wildman–Crippen MR) is 263 cm³/mol. The molecule has 0 rings (SSSR count). The number of esters is 2. The number of quaternary nitrogens is 1. The molecule has 9 heteroatoms. The normalized spacial score (nSPS) is 12.8. The van der Waals surface area contributed by atoms with E-state index in [0.717, 1.165) is 38.5 Å². The third kappa shape index (κ3) is 47.8. The molecule has 0 spiro atoms. The summed E-state index contributed by atoms with van der Waals surface area (Å²) in [5, 5.41) is 9.68. The molecule has 0 saturated carbocycles. The minimum atomic E-state index is -1.51. The van der Waals surface area contributed by atoms with Gasteiger partial charge in [0.1, 0.15) is 13.2 Å². The molecule has 0 aliphatic rings. The molecule has 0 amide bonds. The maximum absolute atomic E-state index is 12.8. The topological polar surface area (TPSA) is 108 Å². The first kappa shape index (κ1) is 61.0. The zero-order chi connectivity index (χ0) is 46.3. The van der Waals surface area contributed by atoms with E-state index < -0.39 is 24.3 Å². The van der Waals surface area contributed by atoms with Crippen molar-refractivity contribution >= 4 is 17.9 Å². The number of hydrogen-bond donors (Lipinski definition) is 1. The molecule has 0 bridgehead atoms. The van der Waals surface area contributed by atoms with Crippen molar-refractivity contribution in [2.24, 2.45) is 0 Å². The Morgan fingerprint density at radius 1 is 0.460 bits per heavy atom. The number of aliphatic carboxylic acids is 1. The summed E-state index contributed by atoms with van der Waals surface area (Å²) >= 11 is 0. The number of hydrogen-bond acceptors (Lipinski definition) is 7. The lowest BCUT2D eigenvalue weighted by atomic mass is 10.0. The molecule has 63 heavy (non-hydrogen) atoms. The van der Waals surface area contributed by atoms with Gasteiger partial charge in [-0.2, -0.15) is 0 Å². The van der Waals surface area contributed by atoms with E-state index in [1.54, 1.807) is 0 Å². The number of carboxylic acids is 1. The molecule has 9 nitrogen and oxygen atoms in total. The third-order valence-electron chi connectivity index (χ3n) is 12.0. The Kier molecular flexibility index (Phi) is 45.1. The summed E-state index contributed by atoms with van der Waals surface area (Å²) in [5.41, 5.74) is 0. The van der Waals surface area contributed by atoms with E-state index in [0.29, 0.717) is 17.4 Å².